The van der Waals surface area contributed by atoms with Crippen LogP contribution in [0.5, 0.6) is 0 Å². The zero-order chi connectivity index (χ0) is 21.8. The molecule has 4 rings (SSSR count). The van der Waals surface area contributed by atoms with Gasteiger partial charge in [0, 0.05) is 30.3 Å². The van der Waals surface area contributed by atoms with Crippen molar-refractivity contribution in [3.05, 3.63) is 88.8 Å². The van der Waals surface area contributed by atoms with E-state index in [0.29, 0.717) is 46.8 Å². The number of nitrogens with one attached hydrogen (secondary N) is 1. The van der Waals surface area contributed by atoms with E-state index in [0.717, 1.165) is 0 Å². The highest BCUT2D eigenvalue weighted by Crippen LogP contribution is 2.21. The lowest BCUT2D eigenvalue weighted by atomic mass is 9.96. The summed E-state index contributed by atoms with van der Waals surface area (Å²) in [6.07, 6.45) is 1.04. The Labute approximate surface area is 185 Å². The number of hydrogen-bond donors (Lipinski definition) is 1. The maximum absolute atomic E-state index is 13.2. The van der Waals surface area contributed by atoms with Gasteiger partial charge in [-0.25, -0.2) is 13.1 Å². The molecule has 1 aliphatic heterocycles. The van der Waals surface area contributed by atoms with Crippen LogP contribution in [0.3, 0.4) is 0 Å². The molecule has 0 spiro atoms. The predicted molar refractivity (Wildman–Crippen MR) is 120 cm³/mol. The molecule has 31 heavy (non-hydrogen) atoms. The highest BCUT2D eigenvalue weighted by atomic mass is 32.2. The lowest BCUT2D eigenvalue weighted by Crippen LogP contribution is -2.46. The first-order chi connectivity index (χ1) is 15.0. The van der Waals surface area contributed by atoms with E-state index in [-0.39, 0.29) is 17.7 Å². The summed E-state index contributed by atoms with van der Waals surface area (Å²) in [5, 5.41) is 1.73. The molecule has 1 N–H and O–H groups in total. The zero-order valence-electron chi connectivity index (χ0n) is 16.7. The van der Waals surface area contributed by atoms with Gasteiger partial charge in [-0.05, 0) is 30.4 Å². The number of thiophene rings is 1. The second kappa shape index (κ2) is 9.13. The Morgan fingerprint density at radius 1 is 0.871 bits per heavy atom. The Morgan fingerprint density at radius 3 is 2.16 bits per heavy atom. The van der Waals surface area contributed by atoms with E-state index < -0.39 is 10.0 Å². The second-order valence-corrected chi connectivity index (χ2v) is 10.2. The number of carbonyl (C=O) groups is 2. The van der Waals surface area contributed by atoms with Crippen LogP contribution >= 0.6 is 11.3 Å². The van der Waals surface area contributed by atoms with Crippen LogP contribution in [0.4, 0.5) is 0 Å². The molecule has 1 fully saturated rings. The molecule has 1 aliphatic rings. The van der Waals surface area contributed by atoms with Crippen molar-refractivity contribution in [1.29, 1.82) is 0 Å². The number of hydrogen-bond acceptors (Lipinski definition) is 5. The molecule has 2 aromatic carbocycles. The fraction of sp³-hybridized carbons (Fsp3) is 0.217. The average molecular weight is 455 g/mol. The van der Waals surface area contributed by atoms with Crippen LogP contribution in [0, 0.1) is 0 Å². The van der Waals surface area contributed by atoms with Gasteiger partial charge in [0.2, 0.25) is 10.0 Å². The molecule has 1 amide bonds. The van der Waals surface area contributed by atoms with Crippen molar-refractivity contribution in [2.75, 3.05) is 13.1 Å². The molecule has 0 saturated carbocycles. The first-order valence-corrected chi connectivity index (χ1v) is 12.4. The van der Waals surface area contributed by atoms with Gasteiger partial charge in [-0.15, -0.1) is 11.3 Å². The summed E-state index contributed by atoms with van der Waals surface area (Å²) in [5.74, 6) is -0.400. The summed E-state index contributed by atoms with van der Waals surface area (Å²) < 4.78 is 27.9. The molecular formula is C23H22N2O4S2. The lowest BCUT2D eigenvalue weighted by Gasteiger charge is -2.32. The average Bonchev–Trinajstić information content (AvgIpc) is 3.35. The summed E-state index contributed by atoms with van der Waals surface area (Å²) in [6.45, 7) is 0.842. The zero-order valence-corrected chi connectivity index (χ0v) is 18.4. The van der Waals surface area contributed by atoms with Crippen LogP contribution in [-0.2, 0) is 10.0 Å². The topological polar surface area (TPSA) is 83.6 Å². The molecule has 0 bridgehead atoms. The number of benzene rings is 2. The highest BCUT2D eigenvalue weighted by Gasteiger charge is 2.29. The van der Waals surface area contributed by atoms with E-state index in [1.807, 2.05) is 6.07 Å². The van der Waals surface area contributed by atoms with Gasteiger partial charge in [-0.1, -0.05) is 54.6 Å². The van der Waals surface area contributed by atoms with E-state index >= 15 is 0 Å². The minimum atomic E-state index is -3.53. The third-order valence-corrected chi connectivity index (χ3v) is 8.22. The Balaban J connectivity index is 1.44. The summed E-state index contributed by atoms with van der Waals surface area (Å²) in [7, 11) is -3.53. The van der Waals surface area contributed by atoms with Gasteiger partial charge < -0.3 is 4.90 Å². The maximum atomic E-state index is 13.2. The lowest BCUT2D eigenvalue weighted by molar-refractivity contribution is 0.0707. The van der Waals surface area contributed by atoms with Crippen molar-refractivity contribution >= 4 is 33.1 Å². The van der Waals surface area contributed by atoms with Crippen molar-refractivity contribution in [2.24, 2.45) is 0 Å². The largest absolute Gasteiger partial charge is 0.339 e. The normalized spacial score (nSPS) is 15.0. The molecular weight excluding hydrogens is 432 g/mol. The summed E-state index contributed by atoms with van der Waals surface area (Å²) in [6, 6.07) is 18.8. The van der Waals surface area contributed by atoms with Gasteiger partial charge in [0.1, 0.15) is 4.21 Å². The molecule has 6 nitrogen and oxygen atoms in total. The van der Waals surface area contributed by atoms with Gasteiger partial charge in [0.15, 0.2) is 5.78 Å². The van der Waals surface area contributed by atoms with Crippen LogP contribution in [-0.4, -0.2) is 44.1 Å². The Kier molecular flexibility index (Phi) is 6.31. The quantitative estimate of drug-likeness (QED) is 0.577. The number of nitrogens with zero attached hydrogens (tertiary/aromatic N) is 1. The number of rotatable bonds is 6. The molecule has 0 aliphatic carbocycles. The number of carbonyl (C=O) groups excluding carboxylic acids is 2. The SMILES string of the molecule is O=C(c1ccccc1)c1ccccc1C(=O)N1CCC(NS(=O)(=O)c2cccs2)CC1. The molecule has 0 unspecified atom stereocenters. The minimum Gasteiger partial charge on any atom is -0.339 e. The first kappa shape index (κ1) is 21.4. The molecule has 0 radical (unpaired) electrons. The van der Waals surface area contributed by atoms with Crippen molar-refractivity contribution in [3.8, 4) is 0 Å². The van der Waals surface area contributed by atoms with E-state index in [2.05, 4.69) is 4.72 Å². The van der Waals surface area contributed by atoms with Gasteiger partial charge in [-0.3, -0.25) is 9.59 Å². The highest BCUT2D eigenvalue weighted by molar-refractivity contribution is 7.91. The van der Waals surface area contributed by atoms with Gasteiger partial charge in [0.25, 0.3) is 5.91 Å². The maximum Gasteiger partial charge on any atom is 0.254 e. The molecule has 160 valence electrons. The van der Waals surface area contributed by atoms with Crippen LogP contribution in [0.15, 0.2) is 76.3 Å². The molecule has 1 saturated heterocycles. The van der Waals surface area contributed by atoms with Gasteiger partial charge in [-0.2, -0.15) is 0 Å². The number of sulfonamides is 1. The Hall–Kier alpha value is -2.81. The predicted octanol–water partition coefficient (Wildman–Crippen LogP) is 3.56. The first-order valence-electron chi connectivity index (χ1n) is 9.99. The second-order valence-electron chi connectivity index (χ2n) is 7.36. The fourth-order valence-electron chi connectivity index (χ4n) is 3.68. The number of amides is 1. The number of piperidine rings is 1. The molecule has 1 aromatic heterocycles. The van der Waals surface area contributed by atoms with Crippen LogP contribution in [0.1, 0.15) is 39.1 Å². The van der Waals surface area contributed by atoms with Crippen molar-refractivity contribution in [3.63, 3.8) is 0 Å². The summed E-state index contributed by atoms with van der Waals surface area (Å²) >= 11 is 1.18. The van der Waals surface area contributed by atoms with Gasteiger partial charge in [0.05, 0.1) is 5.56 Å². The minimum absolute atomic E-state index is 0.192. The van der Waals surface area contributed by atoms with Crippen molar-refractivity contribution in [2.45, 2.75) is 23.1 Å². The third kappa shape index (κ3) is 4.76. The van der Waals surface area contributed by atoms with Crippen LogP contribution in [0.25, 0.3) is 0 Å². The number of ketones is 1. The van der Waals surface area contributed by atoms with Crippen LogP contribution in [0.2, 0.25) is 0 Å². The molecule has 3 aromatic rings. The third-order valence-electron chi connectivity index (χ3n) is 5.30. The Morgan fingerprint density at radius 2 is 1.52 bits per heavy atom. The van der Waals surface area contributed by atoms with Crippen LogP contribution < -0.4 is 4.72 Å². The molecule has 2 heterocycles. The van der Waals surface area contributed by atoms with E-state index in [1.54, 1.807) is 70.9 Å². The van der Waals surface area contributed by atoms with E-state index in [9.17, 15) is 18.0 Å². The molecule has 8 heteroatoms. The molecule has 0 atom stereocenters. The van der Waals surface area contributed by atoms with Crippen molar-refractivity contribution < 1.29 is 18.0 Å². The van der Waals surface area contributed by atoms with E-state index in [1.165, 1.54) is 11.3 Å². The summed E-state index contributed by atoms with van der Waals surface area (Å²) in [4.78, 5) is 27.8. The monoisotopic (exact) mass is 454 g/mol. The fourth-order valence-corrected chi connectivity index (χ4v) is 5.99. The van der Waals surface area contributed by atoms with Gasteiger partial charge >= 0.3 is 0 Å². The summed E-state index contributed by atoms with van der Waals surface area (Å²) in [5.41, 5.74) is 1.28. The smallest absolute Gasteiger partial charge is 0.254 e. The number of likely N-dealkylation sites (tertiary alicyclic amines) is 1. The standard InChI is InChI=1S/C23H22N2O4S2/c26-22(17-7-2-1-3-8-17)19-9-4-5-10-20(19)23(27)25-14-12-18(13-15-25)24-31(28,29)21-11-6-16-30-21/h1-11,16,18,24H,12-15H2. The Bertz CT molecular complexity index is 1170. The van der Waals surface area contributed by atoms with E-state index in [4.69, 9.17) is 0 Å². The van der Waals surface area contributed by atoms with Crippen molar-refractivity contribution in [1.82, 2.24) is 9.62 Å².